The lowest BCUT2D eigenvalue weighted by molar-refractivity contribution is -0.385. The summed E-state index contributed by atoms with van der Waals surface area (Å²) in [7, 11) is 0. The van der Waals surface area contributed by atoms with E-state index in [2.05, 4.69) is 20.5 Å². The van der Waals surface area contributed by atoms with Gasteiger partial charge < -0.3 is 10.1 Å². The van der Waals surface area contributed by atoms with Gasteiger partial charge in [0.1, 0.15) is 0 Å². The van der Waals surface area contributed by atoms with Crippen LogP contribution in [0.2, 0.25) is 0 Å². The van der Waals surface area contributed by atoms with Crippen molar-refractivity contribution >= 4 is 23.1 Å². The number of para-hydroxylation sites is 1. The van der Waals surface area contributed by atoms with Gasteiger partial charge in [0, 0.05) is 28.9 Å². The van der Waals surface area contributed by atoms with Crippen LogP contribution in [0.25, 0.3) is 11.3 Å². The zero-order valence-electron chi connectivity index (χ0n) is 13.6. The maximum absolute atomic E-state index is 11.1. The summed E-state index contributed by atoms with van der Waals surface area (Å²) in [5, 5.41) is 23.2. The van der Waals surface area contributed by atoms with E-state index in [0.29, 0.717) is 22.3 Å². The van der Waals surface area contributed by atoms with Crippen molar-refractivity contribution in [3.8, 4) is 17.1 Å². The van der Waals surface area contributed by atoms with E-state index in [1.54, 1.807) is 12.1 Å². The predicted molar refractivity (Wildman–Crippen MR) is 97.1 cm³/mol. The average molecular weight is 367 g/mol. The Kier molecular flexibility index (Phi) is 4.13. The first-order chi connectivity index (χ1) is 12.7. The molecule has 0 unspecified atom stereocenters. The summed E-state index contributed by atoms with van der Waals surface area (Å²) in [6.07, 6.45) is 1.20. The largest absolute Gasteiger partial charge is 0.448 e. The molecule has 1 aromatic heterocycles. The Hall–Kier alpha value is -3.20. The summed E-state index contributed by atoms with van der Waals surface area (Å²) in [6.45, 7) is 0. The first-order valence-corrected chi connectivity index (χ1v) is 8.94. The number of nitrogens with zero attached hydrogens (tertiary/aromatic N) is 4. The number of nitro groups is 1. The van der Waals surface area contributed by atoms with E-state index >= 15 is 0 Å². The van der Waals surface area contributed by atoms with E-state index in [4.69, 9.17) is 4.74 Å². The van der Waals surface area contributed by atoms with Crippen molar-refractivity contribution in [3.05, 3.63) is 64.2 Å². The lowest BCUT2D eigenvalue weighted by atomic mass is 10.1. The molecule has 2 heterocycles. The molecule has 4 rings (SSSR count). The molecule has 1 atom stereocenters. The first kappa shape index (κ1) is 16.3. The normalized spacial score (nSPS) is 15.0. The number of ether oxygens (including phenoxy) is 1. The Balaban J connectivity index is 1.84. The van der Waals surface area contributed by atoms with Crippen molar-refractivity contribution in [2.75, 3.05) is 11.6 Å². The standard InChI is InChI=1S/C17H13N5O3S/c1-26-17-19-16-14(20-21-17)12-7-2-3-8-13(12)18-15(25-16)10-5-4-6-11(9-10)22(23)24/h2-9,15,18H,1H3/t15-/m1/s1. The number of hydrogen-bond donors (Lipinski definition) is 1. The van der Waals surface area contributed by atoms with Crippen molar-refractivity contribution in [2.45, 2.75) is 11.4 Å². The molecule has 0 amide bonds. The number of benzene rings is 2. The van der Waals surface area contributed by atoms with E-state index in [1.165, 1.54) is 23.9 Å². The molecular formula is C17H13N5O3S. The highest BCUT2D eigenvalue weighted by atomic mass is 32.2. The smallest absolute Gasteiger partial charge is 0.269 e. The van der Waals surface area contributed by atoms with Gasteiger partial charge in [-0.15, -0.1) is 10.2 Å². The highest BCUT2D eigenvalue weighted by Gasteiger charge is 2.26. The number of fused-ring (bicyclic) bond motifs is 3. The predicted octanol–water partition coefficient (Wildman–Crippen LogP) is 3.67. The lowest BCUT2D eigenvalue weighted by Gasteiger charge is -2.19. The molecule has 0 radical (unpaired) electrons. The second-order valence-electron chi connectivity index (χ2n) is 5.49. The van der Waals surface area contributed by atoms with Crippen molar-refractivity contribution < 1.29 is 9.66 Å². The van der Waals surface area contributed by atoms with Gasteiger partial charge in [-0.1, -0.05) is 42.1 Å². The molecule has 0 saturated carbocycles. The third-order valence-electron chi connectivity index (χ3n) is 3.90. The molecule has 130 valence electrons. The number of rotatable bonds is 3. The molecule has 2 aromatic carbocycles. The van der Waals surface area contributed by atoms with Crippen LogP contribution in [0.1, 0.15) is 11.8 Å². The SMILES string of the molecule is CSc1nnc2c(n1)O[C@H](c1cccc([N+](=O)[O-])c1)Nc1ccccc1-2. The fourth-order valence-corrected chi connectivity index (χ4v) is 2.98. The molecular weight excluding hydrogens is 354 g/mol. The quantitative estimate of drug-likeness (QED) is 0.425. The van der Waals surface area contributed by atoms with Crippen molar-refractivity contribution in [2.24, 2.45) is 0 Å². The molecule has 0 bridgehead atoms. The second kappa shape index (κ2) is 6.60. The zero-order valence-corrected chi connectivity index (χ0v) is 14.4. The van der Waals surface area contributed by atoms with Gasteiger partial charge in [0.25, 0.3) is 5.69 Å². The van der Waals surface area contributed by atoms with Gasteiger partial charge in [-0.05, 0) is 12.3 Å². The molecule has 3 aromatic rings. The Morgan fingerprint density at radius 1 is 1.19 bits per heavy atom. The van der Waals surface area contributed by atoms with Crippen LogP contribution < -0.4 is 10.1 Å². The van der Waals surface area contributed by atoms with Crippen molar-refractivity contribution in [3.63, 3.8) is 0 Å². The number of nitro benzene ring substituents is 1. The van der Waals surface area contributed by atoms with E-state index in [9.17, 15) is 10.1 Å². The van der Waals surface area contributed by atoms with Crippen LogP contribution in [0.15, 0.2) is 53.7 Å². The Labute approximate surface area is 152 Å². The number of thioether (sulfide) groups is 1. The molecule has 1 aliphatic heterocycles. The highest BCUT2D eigenvalue weighted by Crippen LogP contribution is 2.39. The Morgan fingerprint density at radius 2 is 2.04 bits per heavy atom. The second-order valence-corrected chi connectivity index (χ2v) is 6.27. The van der Waals surface area contributed by atoms with Crippen LogP contribution in [0.3, 0.4) is 0 Å². The molecule has 0 saturated heterocycles. The van der Waals surface area contributed by atoms with Gasteiger partial charge in [-0.25, -0.2) is 0 Å². The Bertz CT molecular complexity index is 998. The van der Waals surface area contributed by atoms with Crippen LogP contribution in [0.5, 0.6) is 5.88 Å². The number of anilines is 1. The molecule has 0 spiro atoms. The molecule has 1 aliphatic rings. The fraction of sp³-hybridized carbons (Fsp3) is 0.118. The highest BCUT2D eigenvalue weighted by molar-refractivity contribution is 7.98. The van der Waals surface area contributed by atoms with Gasteiger partial charge in [0.15, 0.2) is 11.9 Å². The van der Waals surface area contributed by atoms with E-state index in [1.807, 2.05) is 30.5 Å². The molecule has 1 N–H and O–H groups in total. The first-order valence-electron chi connectivity index (χ1n) is 7.71. The van der Waals surface area contributed by atoms with Gasteiger partial charge >= 0.3 is 0 Å². The maximum atomic E-state index is 11.1. The van der Waals surface area contributed by atoms with Crippen molar-refractivity contribution in [1.82, 2.24) is 15.2 Å². The number of non-ortho nitro benzene ring substituents is 1. The minimum Gasteiger partial charge on any atom is -0.448 e. The fourth-order valence-electron chi connectivity index (χ4n) is 2.69. The van der Waals surface area contributed by atoms with Crippen LogP contribution in [-0.2, 0) is 0 Å². The Morgan fingerprint density at radius 3 is 2.85 bits per heavy atom. The third-order valence-corrected chi connectivity index (χ3v) is 4.44. The van der Waals surface area contributed by atoms with Gasteiger partial charge in [-0.3, -0.25) is 10.1 Å². The molecule has 0 fully saturated rings. The van der Waals surface area contributed by atoms with Crippen LogP contribution >= 0.6 is 11.8 Å². The third kappa shape index (κ3) is 2.93. The summed E-state index contributed by atoms with van der Waals surface area (Å²) in [5.41, 5.74) is 2.74. The summed E-state index contributed by atoms with van der Waals surface area (Å²) < 4.78 is 6.04. The molecule has 0 aliphatic carbocycles. The van der Waals surface area contributed by atoms with Crippen LogP contribution in [0.4, 0.5) is 11.4 Å². The minimum atomic E-state index is -0.649. The summed E-state index contributed by atoms with van der Waals surface area (Å²) >= 11 is 1.36. The molecule has 9 heteroatoms. The van der Waals surface area contributed by atoms with Crippen molar-refractivity contribution in [1.29, 1.82) is 0 Å². The topological polar surface area (TPSA) is 103 Å². The molecule has 8 nitrogen and oxygen atoms in total. The van der Waals surface area contributed by atoms with E-state index < -0.39 is 11.2 Å². The van der Waals surface area contributed by atoms with E-state index in [0.717, 1.165) is 11.3 Å². The van der Waals surface area contributed by atoms with Gasteiger partial charge in [0.05, 0.1) is 4.92 Å². The molecule has 26 heavy (non-hydrogen) atoms. The van der Waals surface area contributed by atoms with Crippen LogP contribution in [-0.4, -0.2) is 26.4 Å². The van der Waals surface area contributed by atoms with Gasteiger partial charge in [0.2, 0.25) is 11.0 Å². The average Bonchev–Trinajstić information content (AvgIpc) is 2.84. The number of nitrogens with one attached hydrogen (secondary N) is 1. The monoisotopic (exact) mass is 367 g/mol. The summed E-state index contributed by atoms with van der Waals surface area (Å²) in [4.78, 5) is 15.1. The number of aromatic nitrogens is 3. The summed E-state index contributed by atoms with van der Waals surface area (Å²) in [5.74, 6) is 0.332. The zero-order chi connectivity index (χ0) is 18.1. The lowest BCUT2D eigenvalue weighted by Crippen LogP contribution is -2.17. The summed E-state index contributed by atoms with van der Waals surface area (Å²) in [6, 6.07) is 13.9. The minimum absolute atomic E-state index is 0.00345. The van der Waals surface area contributed by atoms with E-state index in [-0.39, 0.29) is 5.69 Å². The van der Waals surface area contributed by atoms with Crippen LogP contribution in [0, 0.1) is 10.1 Å². The number of hydrogen-bond acceptors (Lipinski definition) is 8. The maximum Gasteiger partial charge on any atom is 0.269 e. The van der Waals surface area contributed by atoms with Gasteiger partial charge in [-0.2, -0.15) is 4.98 Å².